The van der Waals surface area contributed by atoms with E-state index in [1.165, 1.54) is 13.2 Å². The van der Waals surface area contributed by atoms with Crippen molar-refractivity contribution in [2.45, 2.75) is 19.3 Å². The lowest BCUT2D eigenvalue weighted by molar-refractivity contribution is -0.116. The summed E-state index contributed by atoms with van der Waals surface area (Å²) >= 11 is 0. The van der Waals surface area contributed by atoms with Crippen molar-refractivity contribution in [3.05, 3.63) is 45.5 Å². The molecule has 0 aliphatic carbocycles. The van der Waals surface area contributed by atoms with Crippen molar-refractivity contribution >= 4 is 11.7 Å². The van der Waals surface area contributed by atoms with Crippen LogP contribution in [0.1, 0.15) is 29.3 Å². The number of hydrogen-bond donors (Lipinski definition) is 3. The standard InChI is InChI=1S/C15H15N3O4/c1-7-16-14-13(15(21)17-7)9(6-12(20)18-14)8-3-4-10(19)11(5-8)22-2/h3-5,9,19H,6H2,1-2H3,(H2,16,17,18,20,21)/t9-/m0/s1. The molecule has 0 spiro atoms. The second-order valence-electron chi connectivity index (χ2n) is 5.15. The highest BCUT2D eigenvalue weighted by Gasteiger charge is 2.31. The fourth-order valence-electron chi connectivity index (χ4n) is 2.68. The molecule has 2 aromatic rings. The minimum Gasteiger partial charge on any atom is -0.504 e. The van der Waals surface area contributed by atoms with Crippen LogP contribution in [0, 0.1) is 6.92 Å². The lowest BCUT2D eigenvalue weighted by Gasteiger charge is -2.24. The van der Waals surface area contributed by atoms with Gasteiger partial charge < -0.3 is 20.1 Å². The number of phenols is 1. The summed E-state index contributed by atoms with van der Waals surface area (Å²) in [5.41, 5.74) is 0.847. The number of methoxy groups -OCH3 is 1. The summed E-state index contributed by atoms with van der Waals surface area (Å²) in [4.78, 5) is 31.0. The van der Waals surface area contributed by atoms with Gasteiger partial charge in [0.15, 0.2) is 11.5 Å². The number of ether oxygens (including phenoxy) is 1. The smallest absolute Gasteiger partial charge is 0.256 e. The molecule has 2 heterocycles. The Kier molecular flexibility index (Phi) is 3.32. The Bertz CT molecular complexity index is 813. The number of aromatic nitrogens is 2. The number of carbonyl (C=O) groups excluding carboxylic acids is 1. The van der Waals surface area contributed by atoms with Crippen LogP contribution in [-0.2, 0) is 4.79 Å². The van der Waals surface area contributed by atoms with Crippen LogP contribution in [0.25, 0.3) is 0 Å². The Morgan fingerprint density at radius 1 is 1.36 bits per heavy atom. The second kappa shape index (κ2) is 5.18. The first-order chi connectivity index (χ1) is 10.5. The molecule has 22 heavy (non-hydrogen) atoms. The number of aromatic amines is 1. The molecule has 0 unspecified atom stereocenters. The third-order valence-electron chi connectivity index (χ3n) is 3.68. The van der Waals surface area contributed by atoms with Gasteiger partial charge in [0, 0.05) is 12.3 Å². The molecule has 0 fully saturated rings. The second-order valence-corrected chi connectivity index (χ2v) is 5.15. The summed E-state index contributed by atoms with van der Waals surface area (Å²) in [7, 11) is 1.44. The lowest BCUT2D eigenvalue weighted by atomic mass is 9.86. The van der Waals surface area contributed by atoms with E-state index in [0.717, 1.165) is 0 Å². The summed E-state index contributed by atoms with van der Waals surface area (Å²) < 4.78 is 5.09. The summed E-state index contributed by atoms with van der Waals surface area (Å²) in [6.07, 6.45) is 0.134. The van der Waals surface area contributed by atoms with Crippen molar-refractivity contribution in [1.82, 2.24) is 9.97 Å². The molecule has 1 aliphatic heterocycles. The molecular formula is C15H15N3O4. The third-order valence-corrected chi connectivity index (χ3v) is 3.68. The molecule has 0 bridgehead atoms. The van der Waals surface area contributed by atoms with Gasteiger partial charge in [-0.1, -0.05) is 6.07 Å². The zero-order chi connectivity index (χ0) is 15.9. The fraction of sp³-hybridized carbons (Fsp3) is 0.267. The fourth-order valence-corrected chi connectivity index (χ4v) is 2.68. The highest BCUT2D eigenvalue weighted by atomic mass is 16.5. The van der Waals surface area contributed by atoms with Crippen LogP contribution in [0.2, 0.25) is 0 Å². The molecule has 0 saturated carbocycles. The van der Waals surface area contributed by atoms with Crippen molar-refractivity contribution in [3.8, 4) is 11.5 Å². The molecule has 1 atom stereocenters. The molecule has 1 aliphatic rings. The average molecular weight is 301 g/mol. The van der Waals surface area contributed by atoms with Crippen LogP contribution < -0.4 is 15.6 Å². The molecule has 3 N–H and O–H groups in total. The van der Waals surface area contributed by atoms with E-state index in [0.29, 0.717) is 22.7 Å². The number of carbonyl (C=O) groups is 1. The van der Waals surface area contributed by atoms with Gasteiger partial charge in [0.2, 0.25) is 5.91 Å². The summed E-state index contributed by atoms with van der Waals surface area (Å²) in [6.45, 7) is 1.65. The number of nitrogens with one attached hydrogen (secondary N) is 2. The van der Waals surface area contributed by atoms with E-state index in [2.05, 4.69) is 15.3 Å². The maximum Gasteiger partial charge on any atom is 0.256 e. The number of anilines is 1. The number of amides is 1. The van der Waals surface area contributed by atoms with Gasteiger partial charge >= 0.3 is 0 Å². The molecule has 0 saturated heterocycles. The van der Waals surface area contributed by atoms with E-state index in [1.54, 1.807) is 19.1 Å². The molecule has 7 nitrogen and oxygen atoms in total. The van der Waals surface area contributed by atoms with Crippen molar-refractivity contribution in [2.75, 3.05) is 12.4 Å². The third kappa shape index (κ3) is 2.30. The molecule has 7 heteroatoms. The van der Waals surface area contributed by atoms with Gasteiger partial charge in [-0.2, -0.15) is 0 Å². The van der Waals surface area contributed by atoms with Crippen LogP contribution in [0.5, 0.6) is 11.5 Å². The normalized spacial score (nSPS) is 16.8. The van der Waals surface area contributed by atoms with Gasteiger partial charge in [0.1, 0.15) is 11.6 Å². The summed E-state index contributed by atoms with van der Waals surface area (Å²) in [6, 6.07) is 4.78. The number of hydrogen-bond acceptors (Lipinski definition) is 5. The van der Waals surface area contributed by atoms with E-state index in [4.69, 9.17) is 4.74 Å². The van der Waals surface area contributed by atoms with Crippen LogP contribution in [0.4, 0.5) is 5.82 Å². The molecule has 1 aromatic heterocycles. The van der Waals surface area contributed by atoms with E-state index < -0.39 is 5.92 Å². The van der Waals surface area contributed by atoms with E-state index in [1.807, 2.05) is 0 Å². The Morgan fingerprint density at radius 2 is 2.14 bits per heavy atom. The number of phenolic OH excluding ortho intramolecular Hbond substituents is 1. The van der Waals surface area contributed by atoms with Gasteiger partial charge in [-0.25, -0.2) is 4.98 Å². The number of rotatable bonds is 2. The minimum atomic E-state index is -0.435. The first-order valence-corrected chi connectivity index (χ1v) is 6.77. The van der Waals surface area contributed by atoms with Gasteiger partial charge in [-0.05, 0) is 24.6 Å². The van der Waals surface area contributed by atoms with Crippen LogP contribution in [-0.4, -0.2) is 28.1 Å². The first kappa shape index (κ1) is 14.1. The summed E-state index contributed by atoms with van der Waals surface area (Å²) in [5, 5.41) is 12.3. The number of benzene rings is 1. The Morgan fingerprint density at radius 3 is 2.86 bits per heavy atom. The highest BCUT2D eigenvalue weighted by molar-refractivity contribution is 5.94. The quantitative estimate of drug-likeness (QED) is 0.774. The number of aromatic hydroxyl groups is 1. The average Bonchev–Trinajstić information content (AvgIpc) is 2.46. The lowest BCUT2D eigenvalue weighted by Crippen LogP contribution is -2.31. The maximum atomic E-state index is 12.3. The monoisotopic (exact) mass is 301 g/mol. The molecule has 3 rings (SSSR count). The summed E-state index contributed by atoms with van der Waals surface area (Å²) in [5.74, 6) is 0.379. The van der Waals surface area contributed by atoms with E-state index in [-0.39, 0.29) is 29.5 Å². The van der Waals surface area contributed by atoms with Crippen molar-refractivity contribution < 1.29 is 14.6 Å². The first-order valence-electron chi connectivity index (χ1n) is 6.77. The molecule has 0 radical (unpaired) electrons. The largest absolute Gasteiger partial charge is 0.504 e. The number of aryl methyl sites for hydroxylation is 1. The molecule has 114 valence electrons. The topological polar surface area (TPSA) is 104 Å². The van der Waals surface area contributed by atoms with Crippen LogP contribution >= 0.6 is 0 Å². The van der Waals surface area contributed by atoms with Gasteiger partial charge in [-0.3, -0.25) is 9.59 Å². The number of fused-ring (bicyclic) bond motifs is 1. The Hall–Kier alpha value is -2.83. The van der Waals surface area contributed by atoms with Gasteiger partial charge in [0.25, 0.3) is 5.56 Å². The van der Waals surface area contributed by atoms with E-state index in [9.17, 15) is 14.7 Å². The van der Waals surface area contributed by atoms with Crippen molar-refractivity contribution in [2.24, 2.45) is 0 Å². The molecule has 1 aromatic carbocycles. The zero-order valence-corrected chi connectivity index (χ0v) is 12.1. The Balaban J connectivity index is 2.17. The minimum absolute atomic E-state index is 0.00248. The SMILES string of the molecule is COc1cc([C@@H]2CC(=O)Nc3nc(C)[nH]c(=O)c32)ccc1O. The zero-order valence-electron chi connectivity index (χ0n) is 12.1. The predicted molar refractivity (Wildman–Crippen MR) is 79.3 cm³/mol. The van der Waals surface area contributed by atoms with Crippen molar-refractivity contribution in [1.29, 1.82) is 0 Å². The van der Waals surface area contributed by atoms with Crippen LogP contribution in [0.15, 0.2) is 23.0 Å². The predicted octanol–water partition coefficient (Wildman–Crippen LogP) is 1.27. The number of H-pyrrole nitrogens is 1. The number of nitrogens with zero attached hydrogens (tertiary/aromatic N) is 1. The van der Waals surface area contributed by atoms with E-state index >= 15 is 0 Å². The van der Waals surface area contributed by atoms with Crippen molar-refractivity contribution in [3.63, 3.8) is 0 Å². The highest BCUT2D eigenvalue weighted by Crippen LogP contribution is 2.37. The van der Waals surface area contributed by atoms with Gasteiger partial charge in [-0.15, -0.1) is 0 Å². The van der Waals surface area contributed by atoms with Crippen LogP contribution in [0.3, 0.4) is 0 Å². The maximum absolute atomic E-state index is 12.3. The molecular weight excluding hydrogens is 286 g/mol. The Labute approximate surface area is 126 Å². The molecule has 1 amide bonds. The van der Waals surface area contributed by atoms with Gasteiger partial charge in [0.05, 0.1) is 12.7 Å².